The largest absolute Gasteiger partial charge is 0.294 e. The first-order chi connectivity index (χ1) is 9.92. The number of Topliss-reactive ketones (excluding diaryl/α,β-unsaturated/α-hetero) is 1. The van der Waals surface area contributed by atoms with Gasteiger partial charge in [-0.3, -0.25) is 4.79 Å². The molecule has 0 spiro atoms. The molecule has 0 bridgehead atoms. The van der Waals surface area contributed by atoms with Crippen LogP contribution >= 0.6 is 15.9 Å². The number of hydrogen-bond donors (Lipinski definition) is 0. The number of hydrogen-bond acceptors (Lipinski definition) is 3. The minimum absolute atomic E-state index is 0.0595. The fraction of sp³-hybridized carbons (Fsp3) is 0.188. The number of ketones is 1. The SMILES string of the molecule is CCC(=O)c1cccc(S(=O)(=O)Cc2ccc(Br)cc2)c1. The van der Waals surface area contributed by atoms with Gasteiger partial charge in [0.1, 0.15) is 0 Å². The molecule has 2 aromatic rings. The van der Waals surface area contributed by atoms with Crippen molar-refractivity contribution in [1.82, 2.24) is 0 Å². The Kier molecular flexibility index (Phi) is 4.96. The van der Waals surface area contributed by atoms with E-state index in [0.29, 0.717) is 17.5 Å². The van der Waals surface area contributed by atoms with E-state index in [1.54, 1.807) is 31.2 Å². The van der Waals surface area contributed by atoms with Crippen molar-refractivity contribution in [2.75, 3.05) is 0 Å². The molecule has 0 amide bonds. The molecule has 0 unspecified atom stereocenters. The molecule has 0 aliphatic rings. The van der Waals surface area contributed by atoms with Gasteiger partial charge in [0.15, 0.2) is 15.6 Å². The lowest BCUT2D eigenvalue weighted by molar-refractivity contribution is 0.0988. The van der Waals surface area contributed by atoms with Crippen LogP contribution in [-0.2, 0) is 15.6 Å². The zero-order valence-corrected chi connectivity index (χ0v) is 13.9. The first kappa shape index (κ1) is 15.9. The number of carbonyl (C=O) groups excluding carboxylic acids is 1. The zero-order chi connectivity index (χ0) is 15.5. The summed E-state index contributed by atoms with van der Waals surface area (Å²) in [5, 5.41) is 0. The van der Waals surface area contributed by atoms with Gasteiger partial charge >= 0.3 is 0 Å². The topological polar surface area (TPSA) is 51.2 Å². The predicted molar refractivity (Wildman–Crippen MR) is 86.1 cm³/mol. The van der Waals surface area contributed by atoms with Gasteiger partial charge in [-0.2, -0.15) is 0 Å². The van der Waals surface area contributed by atoms with Crippen LogP contribution in [0, 0.1) is 0 Å². The Morgan fingerprint density at radius 2 is 1.76 bits per heavy atom. The standard InChI is InChI=1S/C16H15BrO3S/c1-2-16(18)13-4-3-5-15(10-13)21(19,20)11-12-6-8-14(17)9-7-12/h3-10H,2,11H2,1H3. The molecule has 0 radical (unpaired) electrons. The van der Waals surface area contributed by atoms with E-state index in [9.17, 15) is 13.2 Å². The van der Waals surface area contributed by atoms with Crippen molar-refractivity contribution < 1.29 is 13.2 Å². The van der Waals surface area contributed by atoms with Crippen molar-refractivity contribution in [1.29, 1.82) is 0 Å². The third-order valence-electron chi connectivity index (χ3n) is 3.11. The molecule has 3 nitrogen and oxygen atoms in total. The van der Waals surface area contributed by atoms with Gasteiger partial charge in [-0.15, -0.1) is 0 Å². The van der Waals surface area contributed by atoms with E-state index in [0.717, 1.165) is 4.47 Å². The van der Waals surface area contributed by atoms with Crippen LogP contribution in [0.5, 0.6) is 0 Å². The molecule has 2 rings (SSSR count). The second-order valence-corrected chi connectivity index (χ2v) is 7.60. The summed E-state index contributed by atoms with van der Waals surface area (Å²) in [5.41, 5.74) is 1.15. The third kappa shape index (κ3) is 4.02. The van der Waals surface area contributed by atoms with Crippen LogP contribution < -0.4 is 0 Å². The Labute approximate surface area is 133 Å². The van der Waals surface area contributed by atoms with E-state index in [2.05, 4.69) is 15.9 Å². The molecule has 0 fully saturated rings. The lowest BCUT2D eigenvalue weighted by Crippen LogP contribution is -2.06. The van der Waals surface area contributed by atoms with Gasteiger partial charge in [-0.1, -0.05) is 47.1 Å². The summed E-state index contributed by atoms with van der Waals surface area (Å²) in [6.45, 7) is 1.76. The van der Waals surface area contributed by atoms with Crippen LogP contribution in [0.15, 0.2) is 57.9 Å². The van der Waals surface area contributed by atoms with Gasteiger partial charge in [0.2, 0.25) is 0 Å². The molecule has 0 heterocycles. The molecule has 0 atom stereocenters. The summed E-state index contributed by atoms with van der Waals surface area (Å²) in [6.07, 6.45) is 0.357. The molecule has 0 saturated carbocycles. The van der Waals surface area contributed by atoms with E-state index in [1.807, 2.05) is 12.1 Å². The molecule has 0 N–H and O–H groups in total. The number of sulfone groups is 1. The fourth-order valence-corrected chi connectivity index (χ4v) is 3.61. The molecule has 21 heavy (non-hydrogen) atoms. The molecular formula is C16H15BrO3S. The molecule has 5 heteroatoms. The highest BCUT2D eigenvalue weighted by Gasteiger charge is 2.17. The normalized spacial score (nSPS) is 11.3. The van der Waals surface area contributed by atoms with E-state index >= 15 is 0 Å². The fourth-order valence-electron chi connectivity index (χ4n) is 1.95. The Bertz CT molecular complexity index is 749. The van der Waals surface area contributed by atoms with E-state index in [-0.39, 0.29) is 16.4 Å². The van der Waals surface area contributed by atoms with Crippen LogP contribution in [0.2, 0.25) is 0 Å². The highest BCUT2D eigenvalue weighted by Crippen LogP contribution is 2.20. The van der Waals surface area contributed by atoms with Gasteiger partial charge in [0.05, 0.1) is 10.6 Å². The molecule has 110 valence electrons. The molecular weight excluding hydrogens is 352 g/mol. The minimum Gasteiger partial charge on any atom is -0.294 e. The quantitative estimate of drug-likeness (QED) is 0.751. The van der Waals surface area contributed by atoms with Crippen LogP contribution in [0.4, 0.5) is 0 Å². The molecule has 0 aromatic heterocycles. The lowest BCUT2D eigenvalue weighted by atomic mass is 10.1. The van der Waals surface area contributed by atoms with Crippen molar-refractivity contribution in [3.8, 4) is 0 Å². The van der Waals surface area contributed by atoms with Gasteiger partial charge in [-0.25, -0.2) is 8.42 Å². The number of rotatable bonds is 5. The van der Waals surface area contributed by atoms with Gasteiger partial charge in [0, 0.05) is 16.5 Å². The highest BCUT2D eigenvalue weighted by molar-refractivity contribution is 9.10. The van der Waals surface area contributed by atoms with Crippen molar-refractivity contribution in [2.24, 2.45) is 0 Å². The van der Waals surface area contributed by atoms with Crippen molar-refractivity contribution in [2.45, 2.75) is 24.0 Å². The third-order valence-corrected chi connectivity index (χ3v) is 5.32. The van der Waals surface area contributed by atoms with Crippen LogP contribution in [-0.4, -0.2) is 14.2 Å². The number of halogens is 1. The predicted octanol–water partition coefficient (Wildman–Crippen LogP) is 4.02. The van der Waals surface area contributed by atoms with E-state index in [1.165, 1.54) is 12.1 Å². The van der Waals surface area contributed by atoms with Crippen LogP contribution in [0.25, 0.3) is 0 Å². The maximum Gasteiger partial charge on any atom is 0.182 e. The maximum absolute atomic E-state index is 12.4. The molecule has 0 aliphatic heterocycles. The van der Waals surface area contributed by atoms with Crippen LogP contribution in [0.3, 0.4) is 0 Å². The lowest BCUT2D eigenvalue weighted by Gasteiger charge is -2.06. The van der Waals surface area contributed by atoms with Gasteiger partial charge in [0.25, 0.3) is 0 Å². The Morgan fingerprint density at radius 3 is 2.38 bits per heavy atom. The second-order valence-electron chi connectivity index (χ2n) is 4.69. The summed E-state index contributed by atoms with van der Waals surface area (Å²) < 4.78 is 25.8. The molecule has 0 saturated heterocycles. The first-order valence-electron chi connectivity index (χ1n) is 6.53. The van der Waals surface area contributed by atoms with Crippen molar-refractivity contribution in [3.05, 3.63) is 64.1 Å². The zero-order valence-electron chi connectivity index (χ0n) is 11.5. The van der Waals surface area contributed by atoms with Crippen LogP contribution in [0.1, 0.15) is 29.3 Å². The number of benzene rings is 2. The molecule has 0 aliphatic carbocycles. The van der Waals surface area contributed by atoms with Crippen molar-refractivity contribution >= 4 is 31.6 Å². The summed E-state index contributed by atoms with van der Waals surface area (Å²) in [5.74, 6) is -0.139. The second kappa shape index (κ2) is 6.54. The molecule has 2 aromatic carbocycles. The van der Waals surface area contributed by atoms with Crippen molar-refractivity contribution in [3.63, 3.8) is 0 Å². The van der Waals surface area contributed by atoms with E-state index in [4.69, 9.17) is 0 Å². The summed E-state index contributed by atoms with van der Waals surface area (Å²) in [7, 11) is -3.46. The monoisotopic (exact) mass is 366 g/mol. The Hall–Kier alpha value is -1.46. The minimum atomic E-state index is -3.46. The first-order valence-corrected chi connectivity index (χ1v) is 8.97. The van der Waals surface area contributed by atoms with Gasteiger partial charge < -0.3 is 0 Å². The Balaban J connectivity index is 2.31. The van der Waals surface area contributed by atoms with Gasteiger partial charge in [-0.05, 0) is 29.8 Å². The smallest absolute Gasteiger partial charge is 0.182 e. The van der Waals surface area contributed by atoms with E-state index < -0.39 is 9.84 Å². The average Bonchev–Trinajstić information content (AvgIpc) is 2.49. The Morgan fingerprint density at radius 1 is 1.10 bits per heavy atom. The number of carbonyl (C=O) groups is 1. The highest BCUT2D eigenvalue weighted by atomic mass is 79.9. The maximum atomic E-state index is 12.4. The average molecular weight is 367 g/mol. The summed E-state index contributed by atoms with van der Waals surface area (Å²) in [6, 6.07) is 13.4. The summed E-state index contributed by atoms with van der Waals surface area (Å²) >= 11 is 3.32. The summed E-state index contributed by atoms with van der Waals surface area (Å²) in [4.78, 5) is 11.9.